The fourth-order valence-electron chi connectivity index (χ4n) is 1.78. The van der Waals surface area contributed by atoms with E-state index in [1.807, 2.05) is 19.1 Å². The minimum atomic E-state index is 0.140. The van der Waals surface area contributed by atoms with Gasteiger partial charge in [-0.15, -0.1) is 0 Å². The molecule has 0 aliphatic rings. The molecular formula is C14H15BrO. The third kappa shape index (κ3) is 2.22. The summed E-state index contributed by atoms with van der Waals surface area (Å²) in [6, 6.07) is 10.5. The molecule has 0 saturated carbocycles. The first-order valence-electron chi connectivity index (χ1n) is 5.35. The molecule has 1 atom stereocenters. The number of alkyl halides is 1. The first kappa shape index (κ1) is 11.5. The Labute approximate surface area is 105 Å². The van der Waals surface area contributed by atoms with Gasteiger partial charge in [0, 0.05) is 0 Å². The number of hydrogen-bond acceptors (Lipinski definition) is 1. The number of hydrogen-bond donors (Lipinski definition) is 0. The van der Waals surface area contributed by atoms with Gasteiger partial charge in [-0.2, -0.15) is 0 Å². The number of benzene rings is 1. The number of rotatable bonds is 2. The maximum absolute atomic E-state index is 5.65. The van der Waals surface area contributed by atoms with E-state index in [9.17, 15) is 0 Å². The van der Waals surface area contributed by atoms with Crippen LogP contribution in [-0.2, 0) is 0 Å². The molecule has 1 aromatic heterocycles. The van der Waals surface area contributed by atoms with Crippen molar-refractivity contribution in [2.45, 2.75) is 25.6 Å². The van der Waals surface area contributed by atoms with Crippen LogP contribution in [0.3, 0.4) is 0 Å². The predicted molar refractivity (Wildman–Crippen MR) is 70.1 cm³/mol. The molecule has 0 aliphatic carbocycles. The predicted octanol–water partition coefficient (Wildman–Crippen LogP) is 4.69. The zero-order valence-corrected chi connectivity index (χ0v) is 11.3. The molecule has 0 fully saturated rings. The van der Waals surface area contributed by atoms with E-state index < -0.39 is 0 Å². The van der Waals surface area contributed by atoms with Gasteiger partial charge in [-0.05, 0) is 44.0 Å². The molecule has 0 spiro atoms. The minimum absolute atomic E-state index is 0.140. The lowest BCUT2D eigenvalue weighted by Gasteiger charge is -2.11. The van der Waals surface area contributed by atoms with E-state index in [-0.39, 0.29) is 4.83 Å². The molecule has 0 amide bonds. The second-order valence-corrected chi connectivity index (χ2v) is 5.09. The average molecular weight is 279 g/mol. The van der Waals surface area contributed by atoms with Crippen LogP contribution in [0, 0.1) is 20.8 Å². The SMILES string of the molecule is Cc1ccc(C)c(C(Br)c2ccc(C)o2)c1. The molecule has 1 nitrogen and oxygen atoms in total. The van der Waals surface area contributed by atoms with Crippen LogP contribution in [0.5, 0.6) is 0 Å². The third-order valence-electron chi connectivity index (χ3n) is 2.72. The van der Waals surface area contributed by atoms with E-state index in [2.05, 4.69) is 48.0 Å². The van der Waals surface area contributed by atoms with Gasteiger partial charge in [-0.3, -0.25) is 0 Å². The molecule has 1 unspecified atom stereocenters. The van der Waals surface area contributed by atoms with Gasteiger partial charge in [0.15, 0.2) is 0 Å². The van der Waals surface area contributed by atoms with Crippen molar-refractivity contribution < 1.29 is 4.42 Å². The van der Waals surface area contributed by atoms with Gasteiger partial charge in [0.25, 0.3) is 0 Å². The highest BCUT2D eigenvalue weighted by Crippen LogP contribution is 2.34. The first-order valence-corrected chi connectivity index (χ1v) is 6.27. The summed E-state index contributed by atoms with van der Waals surface area (Å²) in [6.07, 6.45) is 0. The highest BCUT2D eigenvalue weighted by molar-refractivity contribution is 9.09. The molecule has 84 valence electrons. The average Bonchev–Trinajstić information content (AvgIpc) is 2.67. The number of furan rings is 1. The second kappa shape index (κ2) is 4.46. The van der Waals surface area contributed by atoms with Crippen molar-refractivity contribution in [1.29, 1.82) is 0 Å². The van der Waals surface area contributed by atoms with Crippen molar-refractivity contribution in [3.8, 4) is 0 Å². The Hall–Kier alpha value is -1.02. The van der Waals surface area contributed by atoms with Crippen LogP contribution in [0.25, 0.3) is 0 Å². The Morgan fingerprint density at radius 3 is 2.44 bits per heavy atom. The van der Waals surface area contributed by atoms with Crippen LogP contribution >= 0.6 is 15.9 Å². The second-order valence-electron chi connectivity index (χ2n) is 4.17. The van der Waals surface area contributed by atoms with Gasteiger partial charge in [0.05, 0.1) is 4.83 Å². The van der Waals surface area contributed by atoms with E-state index in [0.717, 1.165) is 11.5 Å². The molecule has 1 heterocycles. The topological polar surface area (TPSA) is 13.1 Å². The monoisotopic (exact) mass is 278 g/mol. The van der Waals surface area contributed by atoms with Gasteiger partial charge >= 0.3 is 0 Å². The normalized spacial score (nSPS) is 12.8. The van der Waals surface area contributed by atoms with Crippen LogP contribution < -0.4 is 0 Å². The fourth-order valence-corrected chi connectivity index (χ4v) is 2.52. The van der Waals surface area contributed by atoms with Gasteiger partial charge in [0.1, 0.15) is 11.5 Å². The van der Waals surface area contributed by atoms with Crippen LogP contribution in [0.2, 0.25) is 0 Å². The van der Waals surface area contributed by atoms with Crippen molar-refractivity contribution >= 4 is 15.9 Å². The van der Waals surface area contributed by atoms with E-state index >= 15 is 0 Å². The summed E-state index contributed by atoms with van der Waals surface area (Å²) in [6.45, 7) is 6.20. The summed E-state index contributed by atoms with van der Waals surface area (Å²) in [5, 5.41) is 0. The summed E-state index contributed by atoms with van der Waals surface area (Å²) in [4.78, 5) is 0.140. The Morgan fingerprint density at radius 2 is 1.81 bits per heavy atom. The molecule has 2 aromatic rings. The third-order valence-corrected chi connectivity index (χ3v) is 3.66. The minimum Gasteiger partial charge on any atom is -0.465 e. The first-order chi connectivity index (χ1) is 7.58. The van der Waals surface area contributed by atoms with E-state index in [4.69, 9.17) is 4.42 Å². The van der Waals surface area contributed by atoms with Crippen LogP contribution in [0.15, 0.2) is 34.7 Å². The lowest BCUT2D eigenvalue weighted by Crippen LogP contribution is -1.95. The standard InChI is InChI=1S/C14H15BrO/c1-9-4-5-10(2)12(8-9)14(15)13-7-6-11(3)16-13/h4-8,14H,1-3H3. The quantitative estimate of drug-likeness (QED) is 0.727. The maximum atomic E-state index is 5.65. The summed E-state index contributed by atoms with van der Waals surface area (Å²) < 4.78 is 5.65. The van der Waals surface area contributed by atoms with Crippen molar-refractivity contribution in [1.82, 2.24) is 0 Å². The highest BCUT2D eigenvalue weighted by Gasteiger charge is 2.15. The van der Waals surface area contributed by atoms with Crippen LogP contribution in [0.4, 0.5) is 0 Å². The lowest BCUT2D eigenvalue weighted by molar-refractivity contribution is 0.491. The van der Waals surface area contributed by atoms with Gasteiger partial charge in [-0.1, -0.05) is 39.7 Å². The molecule has 0 N–H and O–H groups in total. The number of halogens is 1. The maximum Gasteiger partial charge on any atom is 0.122 e. The van der Waals surface area contributed by atoms with E-state index in [1.165, 1.54) is 16.7 Å². The van der Waals surface area contributed by atoms with Crippen molar-refractivity contribution in [2.75, 3.05) is 0 Å². The fraction of sp³-hybridized carbons (Fsp3) is 0.286. The van der Waals surface area contributed by atoms with Crippen LogP contribution in [0.1, 0.15) is 33.0 Å². The van der Waals surface area contributed by atoms with Crippen molar-refractivity contribution in [2.24, 2.45) is 0 Å². The summed E-state index contributed by atoms with van der Waals surface area (Å²) >= 11 is 3.70. The zero-order valence-electron chi connectivity index (χ0n) is 9.75. The molecule has 0 aliphatic heterocycles. The highest BCUT2D eigenvalue weighted by atomic mass is 79.9. The Bertz CT molecular complexity index is 499. The van der Waals surface area contributed by atoms with Crippen molar-refractivity contribution in [3.05, 3.63) is 58.5 Å². The number of aryl methyl sites for hydroxylation is 3. The Morgan fingerprint density at radius 1 is 1.06 bits per heavy atom. The zero-order chi connectivity index (χ0) is 11.7. The molecule has 16 heavy (non-hydrogen) atoms. The van der Waals surface area contributed by atoms with Crippen molar-refractivity contribution in [3.63, 3.8) is 0 Å². The Balaban J connectivity index is 2.40. The van der Waals surface area contributed by atoms with E-state index in [1.54, 1.807) is 0 Å². The van der Waals surface area contributed by atoms with Crippen LogP contribution in [-0.4, -0.2) is 0 Å². The van der Waals surface area contributed by atoms with Gasteiger partial charge in [0.2, 0.25) is 0 Å². The molecule has 1 aromatic carbocycles. The summed E-state index contributed by atoms with van der Waals surface area (Å²) in [5.74, 6) is 1.91. The molecule has 0 saturated heterocycles. The summed E-state index contributed by atoms with van der Waals surface area (Å²) in [7, 11) is 0. The smallest absolute Gasteiger partial charge is 0.122 e. The molecule has 0 radical (unpaired) electrons. The van der Waals surface area contributed by atoms with Gasteiger partial charge in [-0.25, -0.2) is 0 Å². The summed E-state index contributed by atoms with van der Waals surface area (Å²) in [5.41, 5.74) is 3.82. The molecule has 2 rings (SSSR count). The van der Waals surface area contributed by atoms with Gasteiger partial charge < -0.3 is 4.42 Å². The molecule has 0 bridgehead atoms. The Kier molecular flexibility index (Phi) is 3.20. The molecular weight excluding hydrogens is 264 g/mol. The molecule has 2 heteroatoms. The lowest BCUT2D eigenvalue weighted by atomic mass is 10.0. The largest absolute Gasteiger partial charge is 0.465 e. The van der Waals surface area contributed by atoms with E-state index in [0.29, 0.717) is 0 Å².